The van der Waals surface area contributed by atoms with Gasteiger partial charge < -0.3 is 14.5 Å². The van der Waals surface area contributed by atoms with Crippen molar-refractivity contribution in [2.75, 3.05) is 31.0 Å². The van der Waals surface area contributed by atoms with Crippen LogP contribution >= 0.6 is 0 Å². The maximum absolute atomic E-state index is 14.1. The zero-order valence-electron chi connectivity index (χ0n) is 21.0. The highest BCUT2D eigenvalue weighted by molar-refractivity contribution is 5.98. The van der Waals surface area contributed by atoms with Crippen molar-refractivity contribution in [1.29, 1.82) is 0 Å². The first-order chi connectivity index (χ1) is 16.4. The van der Waals surface area contributed by atoms with Gasteiger partial charge in [0.25, 0.3) is 0 Å². The monoisotopic (exact) mass is 456 g/mol. The SMILES string of the molecule is COc1cccc2c1CCCC2C(=O)N(Cc1ccc(N(C)C)cc1)c1ccc(C(C)C)cc1. The molecule has 0 radical (unpaired) electrons. The van der Waals surface area contributed by atoms with Crippen molar-refractivity contribution in [3.05, 3.63) is 89.0 Å². The summed E-state index contributed by atoms with van der Waals surface area (Å²) in [4.78, 5) is 18.2. The second kappa shape index (κ2) is 10.3. The van der Waals surface area contributed by atoms with E-state index in [1.165, 1.54) is 11.1 Å². The molecule has 4 nitrogen and oxygen atoms in total. The Labute approximate surface area is 204 Å². The molecule has 178 valence electrons. The Morgan fingerprint density at radius 3 is 2.26 bits per heavy atom. The van der Waals surface area contributed by atoms with Crippen LogP contribution in [0.3, 0.4) is 0 Å². The quantitative estimate of drug-likeness (QED) is 0.405. The molecule has 4 heteroatoms. The van der Waals surface area contributed by atoms with E-state index in [2.05, 4.69) is 73.3 Å². The van der Waals surface area contributed by atoms with E-state index in [0.717, 1.165) is 47.5 Å². The van der Waals surface area contributed by atoms with E-state index >= 15 is 0 Å². The molecule has 3 aromatic rings. The summed E-state index contributed by atoms with van der Waals surface area (Å²) in [5.41, 5.74) is 6.78. The summed E-state index contributed by atoms with van der Waals surface area (Å²) in [6, 6.07) is 23.1. The van der Waals surface area contributed by atoms with Crippen molar-refractivity contribution in [2.45, 2.75) is 51.5 Å². The Kier molecular flexibility index (Phi) is 7.26. The molecule has 4 rings (SSSR count). The largest absolute Gasteiger partial charge is 0.496 e. The third kappa shape index (κ3) is 4.96. The van der Waals surface area contributed by atoms with Crippen molar-refractivity contribution in [3.63, 3.8) is 0 Å². The zero-order valence-corrected chi connectivity index (χ0v) is 21.0. The molecule has 0 spiro atoms. The number of benzene rings is 3. The summed E-state index contributed by atoms with van der Waals surface area (Å²) >= 11 is 0. The summed E-state index contributed by atoms with van der Waals surface area (Å²) in [6.07, 6.45) is 2.80. The highest BCUT2D eigenvalue weighted by atomic mass is 16.5. The fraction of sp³-hybridized carbons (Fsp3) is 0.367. The summed E-state index contributed by atoms with van der Waals surface area (Å²) in [7, 11) is 5.78. The number of hydrogen-bond acceptors (Lipinski definition) is 3. The number of anilines is 2. The first-order valence-electron chi connectivity index (χ1n) is 12.2. The third-order valence-corrected chi connectivity index (χ3v) is 6.91. The second-order valence-corrected chi connectivity index (χ2v) is 9.70. The molecule has 0 bridgehead atoms. The molecule has 0 aliphatic heterocycles. The lowest BCUT2D eigenvalue weighted by Gasteiger charge is -2.32. The van der Waals surface area contributed by atoms with Gasteiger partial charge in [-0.25, -0.2) is 0 Å². The minimum atomic E-state index is -0.162. The number of rotatable bonds is 7. The van der Waals surface area contributed by atoms with Crippen LogP contribution in [0.15, 0.2) is 66.7 Å². The van der Waals surface area contributed by atoms with Crippen LogP contribution < -0.4 is 14.5 Å². The van der Waals surface area contributed by atoms with E-state index in [0.29, 0.717) is 12.5 Å². The average molecular weight is 457 g/mol. The molecule has 1 unspecified atom stereocenters. The third-order valence-electron chi connectivity index (χ3n) is 6.91. The standard InChI is InChI=1S/C30H36N2O2/c1-21(2)23-14-18-25(19-15-23)32(20-22-12-16-24(17-13-22)31(3)4)30(33)28-10-6-9-27-26(28)8-7-11-29(27)34-5/h7-8,11-19,21,28H,6,9-10,20H2,1-5H3. The van der Waals surface area contributed by atoms with Crippen LogP contribution in [0.1, 0.15) is 60.8 Å². The van der Waals surface area contributed by atoms with E-state index in [1.807, 2.05) is 31.1 Å². The lowest BCUT2D eigenvalue weighted by molar-refractivity contribution is -0.120. The van der Waals surface area contributed by atoms with Crippen LogP contribution in [0, 0.1) is 0 Å². The molecule has 1 aliphatic rings. The van der Waals surface area contributed by atoms with Crippen LogP contribution in [-0.2, 0) is 17.8 Å². The highest BCUT2D eigenvalue weighted by Crippen LogP contribution is 2.39. The van der Waals surface area contributed by atoms with Crippen LogP contribution in [0.25, 0.3) is 0 Å². The van der Waals surface area contributed by atoms with Crippen LogP contribution in [0.5, 0.6) is 5.75 Å². The smallest absolute Gasteiger partial charge is 0.234 e. The molecule has 0 heterocycles. The van der Waals surface area contributed by atoms with Gasteiger partial charge in [0.05, 0.1) is 19.6 Å². The summed E-state index contributed by atoms with van der Waals surface area (Å²) < 4.78 is 5.62. The minimum Gasteiger partial charge on any atom is -0.496 e. The van der Waals surface area contributed by atoms with Gasteiger partial charge in [-0.3, -0.25) is 4.79 Å². The molecule has 34 heavy (non-hydrogen) atoms. The van der Waals surface area contributed by atoms with Crippen molar-refractivity contribution < 1.29 is 9.53 Å². The molecule has 1 amide bonds. The minimum absolute atomic E-state index is 0.156. The van der Waals surface area contributed by atoms with Crippen molar-refractivity contribution in [3.8, 4) is 5.75 Å². The molecule has 0 aromatic heterocycles. The van der Waals surface area contributed by atoms with Gasteiger partial charge in [-0.1, -0.05) is 50.2 Å². The predicted molar refractivity (Wildman–Crippen MR) is 141 cm³/mol. The lowest BCUT2D eigenvalue weighted by atomic mass is 9.81. The molecule has 0 saturated heterocycles. The van der Waals surface area contributed by atoms with Gasteiger partial charge in [0, 0.05) is 25.5 Å². The van der Waals surface area contributed by atoms with E-state index in [1.54, 1.807) is 7.11 Å². The topological polar surface area (TPSA) is 32.8 Å². The van der Waals surface area contributed by atoms with Gasteiger partial charge >= 0.3 is 0 Å². The molecule has 0 fully saturated rings. The van der Waals surface area contributed by atoms with Crippen LogP contribution in [-0.4, -0.2) is 27.1 Å². The van der Waals surface area contributed by atoms with Gasteiger partial charge in [-0.2, -0.15) is 0 Å². The molecular formula is C30H36N2O2. The van der Waals surface area contributed by atoms with Crippen molar-refractivity contribution >= 4 is 17.3 Å². The molecule has 1 aliphatic carbocycles. The number of hydrogen-bond donors (Lipinski definition) is 0. The first-order valence-corrected chi connectivity index (χ1v) is 12.2. The number of ether oxygens (including phenoxy) is 1. The number of amides is 1. The Morgan fingerprint density at radius 2 is 1.65 bits per heavy atom. The van der Waals surface area contributed by atoms with Gasteiger partial charge in [0.2, 0.25) is 5.91 Å². The van der Waals surface area contributed by atoms with Crippen LogP contribution in [0.2, 0.25) is 0 Å². The molecule has 1 atom stereocenters. The van der Waals surface area contributed by atoms with E-state index in [4.69, 9.17) is 4.74 Å². The molecule has 0 N–H and O–H groups in total. The van der Waals surface area contributed by atoms with E-state index < -0.39 is 0 Å². The summed E-state index contributed by atoms with van der Waals surface area (Å²) in [5.74, 6) is 1.34. The van der Waals surface area contributed by atoms with Crippen molar-refractivity contribution in [1.82, 2.24) is 0 Å². The second-order valence-electron chi connectivity index (χ2n) is 9.70. The molecular weight excluding hydrogens is 420 g/mol. The predicted octanol–water partition coefficient (Wildman–Crippen LogP) is 6.54. The number of carbonyl (C=O) groups excluding carboxylic acids is 1. The number of carbonyl (C=O) groups is 1. The summed E-state index contributed by atoms with van der Waals surface area (Å²) in [5, 5.41) is 0. The average Bonchev–Trinajstić information content (AvgIpc) is 2.86. The Morgan fingerprint density at radius 1 is 0.971 bits per heavy atom. The Balaban J connectivity index is 1.70. The number of fused-ring (bicyclic) bond motifs is 1. The number of nitrogens with zero attached hydrogens (tertiary/aromatic N) is 2. The fourth-order valence-corrected chi connectivity index (χ4v) is 4.87. The first kappa shape index (κ1) is 23.9. The lowest BCUT2D eigenvalue weighted by Crippen LogP contribution is -2.36. The molecule has 3 aromatic carbocycles. The van der Waals surface area contributed by atoms with E-state index in [-0.39, 0.29) is 11.8 Å². The van der Waals surface area contributed by atoms with Gasteiger partial charge in [-0.15, -0.1) is 0 Å². The Bertz CT molecular complexity index is 1120. The zero-order chi connectivity index (χ0) is 24.2. The maximum Gasteiger partial charge on any atom is 0.234 e. The fourth-order valence-electron chi connectivity index (χ4n) is 4.87. The summed E-state index contributed by atoms with van der Waals surface area (Å²) in [6.45, 7) is 4.93. The van der Waals surface area contributed by atoms with Gasteiger partial charge in [-0.05, 0) is 77.8 Å². The van der Waals surface area contributed by atoms with Crippen LogP contribution in [0.4, 0.5) is 11.4 Å². The van der Waals surface area contributed by atoms with Gasteiger partial charge in [0.15, 0.2) is 0 Å². The molecule has 0 saturated carbocycles. The van der Waals surface area contributed by atoms with E-state index in [9.17, 15) is 4.79 Å². The normalized spacial score (nSPS) is 15.1. The Hall–Kier alpha value is -3.27. The maximum atomic E-state index is 14.1. The highest BCUT2D eigenvalue weighted by Gasteiger charge is 2.32. The van der Waals surface area contributed by atoms with Gasteiger partial charge in [0.1, 0.15) is 5.75 Å². The van der Waals surface area contributed by atoms with Crippen molar-refractivity contribution in [2.24, 2.45) is 0 Å². The number of methoxy groups -OCH3 is 1.